The number of nitrogens with zero attached hydrogens (tertiary/aromatic N) is 4. The first kappa shape index (κ1) is 49.4. The highest BCUT2D eigenvalue weighted by Crippen LogP contribution is 2.45. The van der Waals surface area contributed by atoms with E-state index in [2.05, 4.69) is 216 Å². The molecule has 0 aliphatic heterocycles. The third-order valence-electron chi connectivity index (χ3n) is 15.7. The molecule has 378 valence electrons. The molecule has 2 aromatic heterocycles. The number of nitriles is 2. The molecule has 0 radical (unpaired) electrons. The fourth-order valence-electron chi connectivity index (χ4n) is 12.1. The average Bonchev–Trinajstić information content (AvgIpc) is 4.11. The first-order valence-corrected chi connectivity index (χ1v) is 26.1. The lowest BCUT2D eigenvalue weighted by atomic mass is 9.95. The van der Waals surface area contributed by atoms with Gasteiger partial charge >= 0.3 is 6.18 Å². The van der Waals surface area contributed by atoms with Crippen LogP contribution in [-0.4, -0.2) is 9.13 Å². The van der Waals surface area contributed by atoms with Crippen molar-refractivity contribution in [3.63, 3.8) is 0 Å². The third-order valence-corrected chi connectivity index (χ3v) is 15.7. The SMILES string of the molecule is Cc1ccc(-c2ccc3c4ccc(-c5ccc(C)cc5C)cc4n(-c4cc(-c5cc(C#N)cc(C(F)(F)F)c5)c(-n5c6cc(-c7ccc(C)cc7C)ccc6c6ccc(-c7ccc(C)cc7C)cc65)cc4C#N)c3c2)c(C)c1. The van der Waals surface area contributed by atoms with E-state index in [1.807, 2.05) is 18.2 Å². The number of aryl methyl sites for hydroxylation is 8. The van der Waals surface area contributed by atoms with Crippen molar-refractivity contribution in [3.05, 3.63) is 237 Å². The quantitative estimate of drug-likeness (QED) is 0.160. The molecule has 0 bridgehead atoms. The molecule has 0 aliphatic carbocycles. The number of hydrogen-bond donors (Lipinski definition) is 0. The van der Waals surface area contributed by atoms with Crippen LogP contribution in [0.25, 0.3) is 111 Å². The van der Waals surface area contributed by atoms with Crippen LogP contribution in [0.1, 0.15) is 61.2 Å². The van der Waals surface area contributed by atoms with Crippen LogP contribution in [0.4, 0.5) is 13.2 Å². The first-order chi connectivity index (χ1) is 37.5. The lowest BCUT2D eigenvalue weighted by Crippen LogP contribution is -2.07. The molecule has 0 spiro atoms. The molecule has 78 heavy (non-hydrogen) atoms. The molecule has 7 heteroatoms. The highest BCUT2D eigenvalue weighted by molar-refractivity contribution is 6.13. The van der Waals surface area contributed by atoms with Gasteiger partial charge in [0.2, 0.25) is 0 Å². The van der Waals surface area contributed by atoms with E-state index in [4.69, 9.17) is 0 Å². The molecule has 0 fully saturated rings. The lowest BCUT2D eigenvalue weighted by molar-refractivity contribution is -0.137. The van der Waals surface area contributed by atoms with Crippen molar-refractivity contribution in [3.8, 4) is 79.1 Å². The number of aromatic nitrogens is 2. The standard InChI is InChI=1S/C71H53F3N4/c1-40-9-17-56(44(5)25-40)49-13-21-60-61-22-14-50(57-18-10-41(2)26-45(57)6)33-67(61)77(66(60)32-49)65-37-64(53-29-48(38-75)30-55(31-53)71(72,73)74)70(36-54(65)39-76)78-68-34-51(58-19-11-42(3)27-46(58)7)15-23-62(68)63-24-16-52(35-69(63)78)59-20-12-43(4)28-47(59)8/h9-37H,1-8H3. The maximum Gasteiger partial charge on any atom is 0.416 e. The van der Waals surface area contributed by atoms with E-state index >= 15 is 13.2 Å². The first-order valence-electron chi connectivity index (χ1n) is 26.1. The summed E-state index contributed by atoms with van der Waals surface area (Å²) in [7, 11) is 0. The number of rotatable bonds is 7. The Morgan fingerprint density at radius 1 is 0.333 bits per heavy atom. The van der Waals surface area contributed by atoms with E-state index in [0.717, 1.165) is 145 Å². The van der Waals surface area contributed by atoms with Crippen LogP contribution in [0, 0.1) is 78.1 Å². The van der Waals surface area contributed by atoms with Crippen molar-refractivity contribution in [2.75, 3.05) is 0 Å². The molecule has 10 aromatic carbocycles. The molecule has 0 saturated carbocycles. The number of halogens is 3. The minimum atomic E-state index is -4.77. The van der Waals surface area contributed by atoms with Crippen LogP contribution >= 0.6 is 0 Å². The highest BCUT2D eigenvalue weighted by Gasteiger charge is 2.32. The van der Waals surface area contributed by atoms with Gasteiger partial charge in [-0.1, -0.05) is 144 Å². The number of fused-ring (bicyclic) bond motifs is 6. The van der Waals surface area contributed by atoms with Crippen LogP contribution in [-0.2, 0) is 6.18 Å². The zero-order chi connectivity index (χ0) is 54.5. The summed E-state index contributed by atoms with van der Waals surface area (Å²) in [5.74, 6) is 0. The molecule has 0 atom stereocenters. The summed E-state index contributed by atoms with van der Waals surface area (Å²) in [6.45, 7) is 16.7. The van der Waals surface area contributed by atoms with Crippen LogP contribution in [0.5, 0.6) is 0 Å². The Morgan fingerprint density at radius 3 is 1.01 bits per heavy atom. The second-order valence-electron chi connectivity index (χ2n) is 21.3. The third kappa shape index (κ3) is 8.40. The normalized spacial score (nSPS) is 11.8. The van der Waals surface area contributed by atoms with E-state index in [1.165, 1.54) is 6.07 Å². The smallest absolute Gasteiger partial charge is 0.309 e. The second kappa shape index (κ2) is 18.7. The van der Waals surface area contributed by atoms with Crippen molar-refractivity contribution >= 4 is 43.6 Å². The average molecular weight is 1020 g/mol. The van der Waals surface area contributed by atoms with Gasteiger partial charge in [0.25, 0.3) is 0 Å². The number of hydrogen-bond acceptors (Lipinski definition) is 2. The molecule has 0 unspecified atom stereocenters. The summed E-state index contributed by atoms with van der Waals surface area (Å²) in [5.41, 5.74) is 21.2. The van der Waals surface area contributed by atoms with Gasteiger partial charge in [0.15, 0.2) is 0 Å². The van der Waals surface area contributed by atoms with Gasteiger partial charge in [-0.15, -0.1) is 0 Å². The Hall–Kier alpha value is -9.43. The zero-order valence-electron chi connectivity index (χ0n) is 44.7. The fraction of sp³-hybridized carbons (Fsp3) is 0.127. The predicted octanol–water partition coefficient (Wildman–Crippen LogP) is 19.4. The van der Waals surface area contributed by atoms with Gasteiger partial charge in [0.1, 0.15) is 6.07 Å². The van der Waals surface area contributed by atoms with Gasteiger partial charge in [-0.3, -0.25) is 0 Å². The Bertz CT molecular complexity index is 4390. The summed E-state index contributed by atoms with van der Waals surface area (Å²) in [5, 5.41) is 25.9. The molecule has 12 rings (SSSR count). The molecule has 0 N–H and O–H groups in total. The van der Waals surface area contributed by atoms with Crippen LogP contribution < -0.4 is 0 Å². The predicted molar refractivity (Wildman–Crippen MR) is 315 cm³/mol. The monoisotopic (exact) mass is 1020 g/mol. The van der Waals surface area contributed by atoms with Crippen molar-refractivity contribution in [1.29, 1.82) is 10.5 Å². The molecular weight excluding hydrogens is 966 g/mol. The van der Waals surface area contributed by atoms with Gasteiger partial charge in [-0.25, -0.2) is 0 Å². The summed E-state index contributed by atoms with van der Waals surface area (Å²) in [4.78, 5) is 0. The summed E-state index contributed by atoms with van der Waals surface area (Å²) >= 11 is 0. The van der Waals surface area contributed by atoms with E-state index < -0.39 is 11.7 Å². The molecule has 0 aliphatic rings. The molecule has 0 amide bonds. The maximum atomic E-state index is 15.2. The Morgan fingerprint density at radius 2 is 0.692 bits per heavy atom. The van der Waals surface area contributed by atoms with Crippen molar-refractivity contribution < 1.29 is 13.2 Å². The molecule has 12 aromatic rings. The van der Waals surface area contributed by atoms with Gasteiger partial charge < -0.3 is 9.13 Å². The van der Waals surface area contributed by atoms with E-state index in [1.54, 1.807) is 0 Å². The lowest BCUT2D eigenvalue weighted by Gasteiger charge is -2.20. The van der Waals surface area contributed by atoms with Crippen molar-refractivity contribution in [1.82, 2.24) is 9.13 Å². The van der Waals surface area contributed by atoms with Crippen molar-refractivity contribution in [2.24, 2.45) is 0 Å². The second-order valence-corrected chi connectivity index (χ2v) is 21.3. The largest absolute Gasteiger partial charge is 0.416 e. The highest BCUT2D eigenvalue weighted by atomic mass is 19.4. The van der Waals surface area contributed by atoms with Crippen LogP contribution in [0.15, 0.2) is 176 Å². The van der Waals surface area contributed by atoms with Gasteiger partial charge in [-0.05, 0) is 182 Å². The molecule has 2 heterocycles. The van der Waals surface area contributed by atoms with Gasteiger partial charge in [0, 0.05) is 27.1 Å². The topological polar surface area (TPSA) is 57.4 Å². The zero-order valence-corrected chi connectivity index (χ0v) is 44.7. The molecule has 4 nitrogen and oxygen atoms in total. The van der Waals surface area contributed by atoms with E-state index in [-0.39, 0.29) is 11.1 Å². The van der Waals surface area contributed by atoms with Crippen LogP contribution in [0.3, 0.4) is 0 Å². The Balaban J connectivity index is 1.24. The summed E-state index contributed by atoms with van der Waals surface area (Å²) in [6, 6.07) is 63.1. The van der Waals surface area contributed by atoms with E-state index in [0.29, 0.717) is 22.5 Å². The maximum absolute atomic E-state index is 15.2. The fourth-order valence-corrected chi connectivity index (χ4v) is 12.1. The van der Waals surface area contributed by atoms with Crippen molar-refractivity contribution in [2.45, 2.75) is 61.6 Å². The Labute approximate surface area is 452 Å². The van der Waals surface area contributed by atoms with Gasteiger partial charge in [-0.2, -0.15) is 23.7 Å². The number of benzene rings is 10. The van der Waals surface area contributed by atoms with Crippen LogP contribution in [0.2, 0.25) is 0 Å². The van der Waals surface area contributed by atoms with E-state index in [9.17, 15) is 10.5 Å². The summed E-state index contributed by atoms with van der Waals surface area (Å²) < 4.78 is 49.8. The van der Waals surface area contributed by atoms with Gasteiger partial charge in [0.05, 0.1) is 56.2 Å². The molecule has 0 saturated heterocycles. The minimum Gasteiger partial charge on any atom is -0.309 e. The molecular formula is C71H53F3N4. The Kier molecular flexibility index (Phi) is 11.8. The minimum absolute atomic E-state index is 0.138. The number of alkyl halides is 3. The summed E-state index contributed by atoms with van der Waals surface area (Å²) in [6.07, 6.45) is -4.77.